The van der Waals surface area contributed by atoms with Gasteiger partial charge >= 0.3 is 0 Å². The number of fused-ring (bicyclic) bond motifs is 1. The van der Waals surface area contributed by atoms with Crippen molar-refractivity contribution in [1.29, 1.82) is 5.26 Å². The zero-order valence-electron chi connectivity index (χ0n) is 14.2. The van der Waals surface area contributed by atoms with E-state index < -0.39 is 0 Å². The topological polar surface area (TPSA) is 70.8 Å². The number of hydrogen-bond donors (Lipinski definition) is 1. The summed E-state index contributed by atoms with van der Waals surface area (Å²) in [5.74, 6) is 0.806. The maximum absolute atomic E-state index is 9.37. The molecule has 3 aromatic rings. The van der Waals surface area contributed by atoms with Gasteiger partial charge in [0.1, 0.15) is 12.1 Å². The highest BCUT2D eigenvalue weighted by Crippen LogP contribution is 2.39. The molecule has 1 fully saturated rings. The van der Waals surface area contributed by atoms with Crippen molar-refractivity contribution in [2.75, 3.05) is 19.7 Å². The van der Waals surface area contributed by atoms with Crippen LogP contribution in [0.4, 0.5) is 0 Å². The van der Waals surface area contributed by atoms with Gasteiger partial charge in [0.25, 0.3) is 0 Å². The standard InChI is InChI=1S/C19H18N4OS/c1-12-5-13(7-20)6-14(17(12)24-10-19(2)8-21-9-19)16-18-15(3-4-25-18)22-11-23-16/h3-6,11,21H,8-10H2,1-2H3. The fourth-order valence-electron chi connectivity index (χ4n) is 3.09. The molecule has 0 saturated carbocycles. The first-order valence-electron chi connectivity index (χ1n) is 8.16. The highest BCUT2D eigenvalue weighted by atomic mass is 32.1. The van der Waals surface area contributed by atoms with E-state index in [1.54, 1.807) is 17.7 Å². The van der Waals surface area contributed by atoms with Crippen LogP contribution in [0.2, 0.25) is 0 Å². The van der Waals surface area contributed by atoms with Crippen LogP contribution in [0, 0.1) is 23.7 Å². The minimum absolute atomic E-state index is 0.154. The molecule has 0 atom stereocenters. The van der Waals surface area contributed by atoms with E-state index >= 15 is 0 Å². The van der Waals surface area contributed by atoms with E-state index in [9.17, 15) is 5.26 Å². The van der Waals surface area contributed by atoms with Crippen LogP contribution in [0.3, 0.4) is 0 Å². The number of ether oxygens (including phenoxy) is 1. The third-order valence-corrected chi connectivity index (χ3v) is 5.48. The van der Waals surface area contributed by atoms with E-state index in [4.69, 9.17) is 4.74 Å². The largest absolute Gasteiger partial charge is 0.492 e. The molecule has 0 bridgehead atoms. The fraction of sp³-hybridized carbons (Fsp3) is 0.316. The van der Waals surface area contributed by atoms with Crippen molar-refractivity contribution in [3.63, 3.8) is 0 Å². The number of nitrogens with zero attached hydrogens (tertiary/aromatic N) is 3. The van der Waals surface area contributed by atoms with E-state index in [-0.39, 0.29) is 5.41 Å². The minimum atomic E-state index is 0.154. The molecule has 5 nitrogen and oxygen atoms in total. The molecular formula is C19H18N4OS. The zero-order chi connectivity index (χ0) is 17.4. The zero-order valence-corrected chi connectivity index (χ0v) is 15.0. The predicted octanol–water partition coefficient (Wildman–Crippen LogP) is 3.53. The van der Waals surface area contributed by atoms with Gasteiger partial charge < -0.3 is 10.1 Å². The first-order valence-corrected chi connectivity index (χ1v) is 9.04. The van der Waals surface area contributed by atoms with Gasteiger partial charge in [-0.3, -0.25) is 0 Å². The highest BCUT2D eigenvalue weighted by Gasteiger charge is 2.33. The van der Waals surface area contributed by atoms with Crippen LogP contribution in [0.5, 0.6) is 5.75 Å². The van der Waals surface area contributed by atoms with Crippen LogP contribution < -0.4 is 10.1 Å². The molecule has 0 unspecified atom stereocenters. The monoisotopic (exact) mass is 350 g/mol. The van der Waals surface area contributed by atoms with Crippen molar-refractivity contribution < 1.29 is 4.74 Å². The summed E-state index contributed by atoms with van der Waals surface area (Å²) in [6.07, 6.45) is 1.57. The number of aromatic nitrogens is 2. The second-order valence-corrected chi connectivity index (χ2v) is 7.76. The fourth-order valence-corrected chi connectivity index (χ4v) is 3.94. The van der Waals surface area contributed by atoms with E-state index in [1.807, 2.05) is 30.5 Å². The maximum Gasteiger partial charge on any atom is 0.131 e. The lowest BCUT2D eigenvalue weighted by atomic mass is 9.85. The summed E-state index contributed by atoms with van der Waals surface area (Å²) >= 11 is 1.60. The molecule has 2 aromatic heterocycles. The predicted molar refractivity (Wildman–Crippen MR) is 98.8 cm³/mol. The Morgan fingerprint density at radius 1 is 1.36 bits per heavy atom. The molecule has 6 heteroatoms. The van der Waals surface area contributed by atoms with Gasteiger partial charge in [0.15, 0.2) is 0 Å². The van der Waals surface area contributed by atoms with E-state index in [1.165, 1.54) is 0 Å². The Hall–Kier alpha value is -2.49. The smallest absolute Gasteiger partial charge is 0.131 e. The van der Waals surface area contributed by atoms with Gasteiger partial charge in [0, 0.05) is 24.1 Å². The van der Waals surface area contributed by atoms with Crippen LogP contribution in [0.1, 0.15) is 18.1 Å². The van der Waals surface area contributed by atoms with Crippen molar-refractivity contribution in [3.8, 4) is 23.1 Å². The summed E-state index contributed by atoms with van der Waals surface area (Å²) in [6, 6.07) is 7.95. The Labute approximate surface area is 150 Å². The van der Waals surface area contributed by atoms with Crippen molar-refractivity contribution in [2.24, 2.45) is 5.41 Å². The van der Waals surface area contributed by atoms with Gasteiger partial charge in [-0.1, -0.05) is 6.92 Å². The maximum atomic E-state index is 9.37. The van der Waals surface area contributed by atoms with E-state index in [0.717, 1.165) is 45.9 Å². The van der Waals surface area contributed by atoms with Crippen LogP contribution in [-0.4, -0.2) is 29.7 Å². The lowest BCUT2D eigenvalue weighted by molar-refractivity contribution is 0.102. The number of benzene rings is 1. The molecule has 0 aliphatic carbocycles. The van der Waals surface area contributed by atoms with Gasteiger partial charge in [-0.2, -0.15) is 5.26 Å². The van der Waals surface area contributed by atoms with E-state index in [2.05, 4.69) is 28.3 Å². The molecule has 25 heavy (non-hydrogen) atoms. The molecular weight excluding hydrogens is 332 g/mol. The number of aryl methyl sites for hydroxylation is 1. The molecule has 1 N–H and O–H groups in total. The molecule has 1 aromatic carbocycles. The summed E-state index contributed by atoms with van der Waals surface area (Å²) in [5, 5.41) is 14.7. The molecule has 0 radical (unpaired) electrons. The van der Waals surface area contributed by atoms with Gasteiger partial charge in [-0.05, 0) is 36.1 Å². The second-order valence-electron chi connectivity index (χ2n) is 6.84. The summed E-state index contributed by atoms with van der Waals surface area (Å²) in [6.45, 7) is 6.75. The lowest BCUT2D eigenvalue weighted by Crippen LogP contribution is -2.54. The van der Waals surface area contributed by atoms with Crippen molar-refractivity contribution in [3.05, 3.63) is 41.0 Å². The van der Waals surface area contributed by atoms with Gasteiger partial charge in [0.05, 0.1) is 34.2 Å². The molecule has 1 aliphatic rings. The van der Waals surface area contributed by atoms with Gasteiger partial charge in [-0.25, -0.2) is 9.97 Å². The van der Waals surface area contributed by atoms with Crippen molar-refractivity contribution >= 4 is 21.6 Å². The summed E-state index contributed by atoms with van der Waals surface area (Å²) in [7, 11) is 0. The van der Waals surface area contributed by atoms with Crippen molar-refractivity contribution in [2.45, 2.75) is 13.8 Å². The van der Waals surface area contributed by atoms with Crippen LogP contribution in [0.25, 0.3) is 21.5 Å². The molecule has 3 heterocycles. The Morgan fingerprint density at radius 3 is 2.92 bits per heavy atom. The molecule has 1 aliphatic heterocycles. The van der Waals surface area contributed by atoms with Gasteiger partial charge in [0.2, 0.25) is 0 Å². The summed E-state index contributed by atoms with van der Waals surface area (Å²) < 4.78 is 7.26. The number of rotatable bonds is 4. The number of nitrogens with one attached hydrogen (secondary N) is 1. The summed E-state index contributed by atoms with van der Waals surface area (Å²) in [5.41, 5.74) is 4.32. The Kier molecular flexibility index (Phi) is 3.91. The van der Waals surface area contributed by atoms with Crippen molar-refractivity contribution in [1.82, 2.24) is 15.3 Å². The SMILES string of the molecule is Cc1cc(C#N)cc(-c2ncnc3ccsc23)c1OCC1(C)CNC1. The molecule has 0 amide bonds. The Bertz CT molecular complexity index is 985. The van der Waals surface area contributed by atoms with E-state index in [0.29, 0.717) is 12.2 Å². The average molecular weight is 350 g/mol. The molecule has 0 spiro atoms. The lowest BCUT2D eigenvalue weighted by Gasteiger charge is -2.39. The third-order valence-electron chi connectivity index (χ3n) is 4.57. The minimum Gasteiger partial charge on any atom is -0.492 e. The Morgan fingerprint density at radius 2 is 2.20 bits per heavy atom. The molecule has 4 rings (SSSR count). The third kappa shape index (κ3) is 2.86. The normalized spacial score (nSPS) is 15.6. The Balaban J connectivity index is 1.83. The number of hydrogen-bond acceptors (Lipinski definition) is 6. The summed E-state index contributed by atoms with van der Waals surface area (Å²) in [4.78, 5) is 8.82. The van der Waals surface area contributed by atoms with Crippen LogP contribution in [-0.2, 0) is 0 Å². The van der Waals surface area contributed by atoms with Crippen LogP contribution >= 0.6 is 11.3 Å². The number of thiophene rings is 1. The molecule has 1 saturated heterocycles. The first kappa shape index (κ1) is 16.0. The quantitative estimate of drug-likeness (QED) is 0.779. The molecule has 126 valence electrons. The number of nitriles is 1. The van der Waals surface area contributed by atoms with Crippen LogP contribution in [0.15, 0.2) is 29.9 Å². The average Bonchev–Trinajstić information content (AvgIpc) is 3.07. The second kappa shape index (κ2) is 6.10. The first-order chi connectivity index (χ1) is 12.1. The van der Waals surface area contributed by atoms with Gasteiger partial charge in [-0.15, -0.1) is 11.3 Å². The highest BCUT2D eigenvalue weighted by molar-refractivity contribution is 7.17.